The minimum absolute atomic E-state index is 0.0956. The lowest BCUT2D eigenvalue weighted by Gasteiger charge is -2.32. The number of alkyl halides is 2. The van der Waals surface area contributed by atoms with Crippen molar-refractivity contribution in [3.05, 3.63) is 65.1 Å². The molecular formula is C24H22ClF2N5O4. The van der Waals surface area contributed by atoms with Crippen molar-refractivity contribution < 1.29 is 27.8 Å². The van der Waals surface area contributed by atoms with E-state index in [1.807, 2.05) is 0 Å². The maximum Gasteiger partial charge on any atom is 0.410 e. The van der Waals surface area contributed by atoms with Crippen molar-refractivity contribution in [3.63, 3.8) is 0 Å². The van der Waals surface area contributed by atoms with Gasteiger partial charge in [0, 0.05) is 49.4 Å². The summed E-state index contributed by atoms with van der Waals surface area (Å²) in [5.41, 5.74) is 1.58. The van der Waals surface area contributed by atoms with Crippen molar-refractivity contribution in [2.24, 2.45) is 0 Å². The number of aromatic nitrogens is 3. The molecule has 9 nitrogen and oxygen atoms in total. The molecule has 5 rings (SSSR count). The number of piperidine rings is 1. The minimum atomic E-state index is -2.79. The Hall–Kier alpha value is -3.73. The molecular weight excluding hydrogens is 496 g/mol. The molecule has 2 amide bonds. The van der Waals surface area contributed by atoms with Gasteiger partial charge in [-0.15, -0.1) is 0 Å². The number of halogens is 3. The van der Waals surface area contributed by atoms with Crippen LogP contribution < -0.4 is 10.1 Å². The Morgan fingerprint density at radius 1 is 1.28 bits per heavy atom. The van der Waals surface area contributed by atoms with Crippen molar-refractivity contribution in [1.29, 1.82) is 0 Å². The predicted molar refractivity (Wildman–Crippen MR) is 125 cm³/mol. The molecule has 0 spiro atoms. The number of nitrogens with one attached hydrogen (secondary N) is 1. The largest absolute Gasteiger partial charge is 0.489 e. The zero-order valence-electron chi connectivity index (χ0n) is 18.9. The van der Waals surface area contributed by atoms with Crippen molar-refractivity contribution >= 4 is 23.6 Å². The molecule has 12 heteroatoms. The van der Waals surface area contributed by atoms with Gasteiger partial charge in [-0.25, -0.2) is 9.48 Å². The van der Waals surface area contributed by atoms with Crippen LogP contribution in [0.3, 0.4) is 0 Å². The number of pyridine rings is 1. The smallest absolute Gasteiger partial charge is 0.410 e. The number of ether oxygens (including phenoxy) is 2. The van der Waals surface area contributed by atoms with E-state index in [1.165, 1.54) is 18.3 Å². The third kappa shape index (κ3) is 5.11. The van der Waals surface area contributed by atoms with Gasteiger partial charge in [0.15, 0.2) is 0 Å². The number of carbonyl (C=O) groups is 2. The molecule has 36 heavy (non-hydrogen) atoms. The van der Waals surface area contributed by atoms with Crippen LogP contribution in [0.2, 0.25) is 5.02 Å². The highest BCUT2D eigenvalue weighted by atomic mass is 35.5. The Kier molecular flexibility index (Phi) is 6.73. The molecule has 4 heterocycles. The molecule has 188 valence electrons. The maximum absolute atomic E-state index is 13.1. The van der Waals surface area contributed by atoms with E-state index in [2.05, 4.69) is 15.4 Å². The lowest BCUT2D eigenvalue weighted by molar-refractivity contribution is 0.0568. The second-order valence-electron chi connectivity index (χ2n) is 8.52. The quantitative estimate of drug-likeness (QED) is 0.502. The van der Waals surface area contributed by atoms with Gasteiger partial charge in [0.25, 0.3) is 5.91 Å². The van der Waals surface area contributed by atoms with Crippen LogP contribution in [0.25, 0.3) is 11.3 Å². The average Bonchev–Trinajstić information content (AvgIpc) is 3.51. The van der Waals surface area contributed by atoms with E-state index < -0.39 is 12.5 Å². The molecule has 2 aromatic heterocycles. The van der Waals surface area contributed by atoms with Crippen molar-refractivity contribution in [3.8, 4) is 17.0 Å². The van der Waals surface area contributed by atoms with Crippen molar-refractivity contribution in [1.82, 2.24) is 25.0 Å². The van der Waals surface area contributed by atoms with Gasteiger partial charge >= 0.3 is 12.6 Å². The van der Waals surface area contributed by atoms with Gasteiger partial charge in [0.2, 0.25) is 0 Å². The van der Waals surface area contributed by atoms with Gasteiger partial charge in [-0.2, -0.15) is 13.9 Å². The number of rotatable bonds is 7. The Balaban J connectivity index is 1.37. The fourth-order valence-electron chi connectivity index (χ4n) is 4.27. The predicted octanol–water partition coefficient (Wildman–Crippen LogP) is 4.29. The monoisotopic (exact) mass is 517 g/mol. The van der Waals surface area contributed by atoms with E-state index in [4.69, 9.17) is 21.1 Å². The third-order valence-electron chi connectivity index (χ3n) is 6.14. The highest BCUT2D eigenvalue weighted by molar-refractivity contribution is 6.30. The van der Waals surface area contributed by atoms with E-state index in [0.717, 1.165) is 11.8 Å². The molecule has 0 unspecified atom stereocenters. The summed E-state index contributed by atoms with van der Waals surface area (Å²) >= 11 is 5.90. The van der Waals surface area contributed by atoms with Crippen molar-refractivity contribution in [2.45, 2.75) is 38.1 Å². The first-order chi connectivity index (χ1) is 17.4. The van der Waals surface area contributed by atoms with Crippen LogP contribution in [0, 0.1) is 0 Å². The molecule has 0 bridgehead atoms. The minimum Gasteiger partial charge on any atom is -0.489 e. The molecule has 1 N–H and O–H groups in total. The summed E-state index contributed by atoms with van der Waals surface area (Å²) in [4.78, 5) is 30.5. The first kappa shape index (κ1) is 24.0. The molecule has 2 saturated heterocycles. The van der Waals surface area contributed by atoms with Crippen LogP contribution in [0.4, 0.5) is 13.6 Å². The zero-order valence-corrected chi connectivity index (χ0v) is 19.7. The number of amides is 2. The first-order valence-corrected chi connectivity index (χ1v) is 11.7. The summed E-state index contributed by atoms with van der Waals surface area (Å²) in [6.45, 7) is -1.76. The topological polar surface area (TPSA) is 98.6 Å². The third-order valence-corrected chi connectivity index (χ3v) is 6.40. The van der Waals surface area contributed by atoms with Crippen LogP contribution >= 0.6 is 11.6 Å². The Morgan fingerprint density at radius 2 is 2.08 bits per heavy atom. The fraction of sp³-hybridized carbons (Fsp3) is 0.333. The van der Waals surface area contributed by atoms with Gasteiger partial charge in [-0.1, -0.05) is 23.7 Å². The number of carbonyl (C=O) groups excluding carboxylic acids is 2. The number of cyclic esters (lactones) is 1. The number of hydrogen-bond donors (Lipinski definition) is 1. The molecule has 3 aromatic rings. The number of nitrogens with zero attached hydrogens (tertiary/aromatic N) is 4. The Labute approximate surface area is 210 Å². The van der Waals surface area contributed by atoms with Gasteiger partial charge in [0.05, 0.1) is 17.3 Å². The van der Waals surface area contributed by atoms with E-state index in [0.29, 0.717) is 47.0 Å². The van der Waals surface area contributed by atoms with Crippen LogP contribution in [0.1, 0.15) is 35.4 Å². The van der Waals surface area contributed by atoms with Gasteiger partial charge < -0.3 is 19.7 Å². The highest BCUT2D eigenvalue weighted by Crippen LogP contribution is 2.33. The normalized spacial score (nSPS) is 19.2. The molecule has 0 saturated carbocycles. The van der Waals surface area contributed by atoms with Gasteiger partial charge in [-0.3, -0.25) is 9.78 Å². The molecule has 1 aromatic carbocycles. The van der Waals surface area contributed by atoms with E-state index in [9.17, 15) is 18.4 Å². The van der Waals surface area contributed by atoms with Crippen LogP contribution in [0.5, 0.6) is 5.75 Å². The maximum atomic E-state index is 13.1. The van der Waals surface area contributed by atoms with Gasteiger partial charge in [-0.05, 0) is 23.8 Å². The molecule has 2 aliphatic rings. The molecule has 2 atom stereocenters. The summed E-state index contributed by atoms with van der Waals surface area (Å²) in [6.07, 6.45) is 3.04. The number of benzene rings is 1. The van der Waals surface area contributed by atoms with E-state index in [1.54, 1.807) is 29.2 Å². The van der Waals surface area contributed by atoms with E-state index >= 15 is 0 Å². The molecule has 0 aliphatic carbocycles. The summed E-state index contributed by atoms with van der Waals surface area (Å²) in [6, 6.07) is 9.89. The fourth-order valence-corrected chi connectivity index (χ4v) is 4.39. The highest BCUT2D eigenvalue weighted by Gasteiger charge is 2.39. The average molecular weight is 518 g/mol. The summed E-state index contributed by atoms with van der Waals surface area (Å²) in [5, 5.41) is 7.31. The SMILES string of the molecule is O=C(NCc1ccc(Cl)cc1)c1cc(O[C@H]2CCN3C(=O)OC[C@@H]3C2)c(-c2ccn(C(F)F)n2)cn1. The van der Waals surface area contributed by atoms with Crippen LogP contribution in [-0.2, 0) is 11.3 Å². The summed E-state index contributed by atoms with van der Waals surface area (Å²) in [5.74, 6) is -0.131. The van der Waals surface area contributed by atoms with E-state index in [-0.39, 0.29) is 36.2 Å². The van der Waals surface area contributed by atoms with Crippen LogP contribution in [0.15, 0.2) is 48.8 Å². The molecule has 2 aliphatic heterocycles. The van der Waals surface area contributed by atoms with Crippen LogP contribution in [-0.4, -0.2) is 57.0 Å². The number of hydrogen-bond acceptors (Lipinski definition) is 6. The second kappa shape index (κ2) is 10.1. The lowest BCUT2D eigenvalue weighted by atomic mass is 10.0. The van der Waals surface area contributed by atoms with Gasteiger partial charge in [0.1, 0.15) is 24.2 Å². The van der Waals surface area contributed by atoms with Crippen molar-refractivity contribution in [2.75, 3.05) is 13.2 Å². The lowest BCUT2D eigenvalue weighted by Crippen LogP contribution is -2.44. The standard InChI is InChI=1S/C24H22ClF2N5O4/c25-15-3-1-14(2-4-15)11-29-22(33)20-10-21(18(12-28-20)19-6-8-32(30-19)23(26)27)36-17-5-7-31-16(9-17)13-35-24(31)34/h1-4,6,8,10,12,16-17,23H,5,7,9,11,13H2,(H,29,33)/t16-,17-/m0/s1. The Bertz CT molecular complexity index is 1270. The first-order valence-electron chi connectivity index (χ1n) is 11.3. The second-order valence-corrected chi connectivity index (χ2v) is 8.96. The Morgan fingerprint density at radius 3 is 2.83 bits per heavy atom. The molecule has 2 fully saturated rings. The number of fused-ring (bicyclic) bond motifs is 1. The zero-order chi connectivity index (χ0) is 25.2. The summed E-state index contributed by atoms with van der Waals surface area (Å²) < 4.78 is 38.1. The molecule has 0 radical (unpaired) electrons. The summed E-state index contributed by atoms with van der Waals surface area (Å²) in [7, 11) is 0.